The predicted molar refractivity (Wildman–Crippen MR) is 90.6 cm³/mol. The highest BCUT2D eigenvalue weighted by atomic mass is 32.1. The third-order valence-corrected chi connectivity index (χ3v) is 4.40. The van der Waals surface area contributed by atoms with Crippen molar-refractivity contribution in [2.45, 2.75) is 13.8 Å². The second kappa shape index (κ2) is 6.16. The lowest BCUT2D eigenvalue weighted by Gasteiger charge is -2.06. The van der Waals surface area contributed by atoms with Crippen LogP contribution in [0.4, 0.5) is 0 Å². The topological polar surface area (TPSA) is 26.3 Å². The molecule has 3 heteroatoms. The van der Waals surface area contributed by atoms with Crippen LogP contribution in [-0.4, -0.2) is 5.97 Å². The molecule has 3 rings (SSSR count). The van der Waals surface area contributed by atoms with Crippen molar-refractivity contribution in [2.24, 2.45) is 0 Å². The van der Waals surface area contributed by atoms with E-state index in [2.05, 4.69) is 12.1 Å². The minimum absolute atomic E-state index is 0.297. The van der Waals surface area contributed by atoms with Crippen LogP contribution in [0, 0.1) is 13.8 Å². The normalized spacial score (nSPS) is 10.5. The monoisotopic (exact) mass is 308 g/mol. The summed E-state index contributed by atoms with van der Waals surface area (Å²) in [6, 6.07) is 19.6. The summed E-state index contributed by atoms with van der Waals surface area (Å²) in [5.74, 6) is 0.266. The van der Waals surface area contributed by atoms with Gasteiger partial charge in [0.2, 0.25) is 0 Å². The van der Waals surface area contributed by atoms with Crippen molar-refractivity contribution < 1.29 is 9.53 Å². The zero-order valence-electron chi connectivity index (χ0n) is 12.5. The van der Waals surface area contributed by atoms with E-state index in [4.69, 9.17) is 4.74 Å². The van der Waals surface area contributed by atoms with Gasteiger partial charge in [0.15, 0.2) is 0 Å². The molecule has 0 amide bonds. The molecule has 1 aromatic heterocycles. The molecule has 0 saturated carbocycles. The average Bonchev–Trinajstić information content (AvgIpc) is 2.88. The Morgan fingerprint density at radius 3 is 2.14 bits per heavy atom. The van der Waals surface area contributed by atoms with Crippen LogP contribution in [0.5, 0.6) is 5.75 Å². The fourth-order valence-corrected chi connectivity index (χ4v) is 3.25. The van der Waals surface area contributed by atoms with Gasteiger partial charge in [-0.3, -0.25) is 0 Å². The Hall–Kier alpha value is -2.39. The van der Waals surface area contributed by atoms with Gasteiger partial charge < -0.3 is 4.74 Å². The molecule has 2 nitrogen and oxygen atoms in total. The molecule has 0 aliphatic rings. The van der Waals surface area contributed by atoms with Crippen LogP contribution in [0.3, 0.4) is 0 Å². The Balaban J connectivity index is 1.76. The number of benzene rings is 2. The minimum Gasteiger partial charge on any atom is -0.423 e. The van der Waals surface area contributed by atoms with E-state index in [9.17, 15) is 4.79 Å². The van der Waals surface area contributed by atoms with E-state index >= 15 is 0 Å². The molecular weight excluding hydrogens is 292 g/mol. The zero-order chi connectivity index (χ0) is 15.5. The number of carbonyl (C=O) groups excluding carboxylic acids is 1. The number of hydrogen-bond acceptors (Lipinski definition) is 3. The van der Waals surface area contributed by atoms with Gasteiger partial charge in [-0.2, -0.15) is 0 Å². The van der Waals surface area contributed by atoms with E-state index in [1.54, 1.807) is 11.3 Å². The van der Waals surface area contributed by atoms with Crippen LogP contribution in [0.15, 0.2) is 60.7 Å². The van der Waals surface area contributed by atoms with Crippen molar-refractivity contribution >= 4 is 17.3 Å². The van der Waals surface area contributed by atoms with Crippen LogP contribution >= 0.6 is 11.3 Å². The first-order valence-electron chi connectivity index (χ1n) is 7.08. The van der Waals surface area contributed by atoms with Gasteiger partial charge in [0.05, 0.1) is 5.56 Å². The summed E-state index contributed by atoms with van der Waals surface area (Å²) >= 11 is 1.61. The molecule has 0 aliphatic heterocycles. The van der Waals surface area contributed by atoms with E-state index in [-0.39, 0.29) is 5.97 Å². The van der Waals surface area contributed by atoms with E-state index in [0.29, 0.717) is 11.3 Å². The highest BCUT2D eigenvalue weighted by Gasteiger charge is 2.14. The molecule has 0 fully saturated rings. The minimum atomic E-state index is -0.297. The van der Waals surface area contributed by atoms with E-state index in [0.717, 1.165) is 20.9 Å². The molecule has 2 aromatic carbocycles. The van der Waals surface area contributed by atoms with E-state index in [1.807, 2.05) is 62.4 Å². The Kier molecular flexibility index (Phi) is 4.07. The molecule has 0 unspecified atom stereocenters. The second-order valence-corrected chi connectivity index (χ2v) is 6.57. The molecule has 22 heavy (non-hydrogen) atoms. The van der Waals surface area contributed by atoms with Crippen LogP contribution in [-0.2, 0) is 0 Å². The van der Waals surface area contributed by atoms with Crippen molar-refractivity contribution in [2.75, 3.05) is 0 Å². The fraction of sp³-hybridized carbons (Fsp3) is 0.105. The van der Waals surface area contributed by atoms with Gasteiger partial charge in [-0.1, -0.05) is 42.5 Å². The van der Waals surface area contributed by atoms with Crippen molar-refractivity contribution in [3.05, 3.63) is 76.0 Å². The quantitative estimate of drug-likeness (QED) is 0.488. The molecule has 0 bridgehead atoms. The Bertz CT molecular complexity index is 786. The highest BCUT2D eigenvalue weighted by Crippen LogP contribution is 2.25. The van der Waals surface area contributed by atoms with E-state index in [1.165, 1.54) is 0 Å². The summed E-state index contributed by atoms with van der Waals surface area (Å²) in [6.45, 7) is 3.93. The number of esters is 1. The zero-order valence-corrected chi connectivity index (χ0v) is 13.3. The maximum atomic E-state index is 12.2. The average molecular weight is 308 g/mol. The van der Waals surface area contributed by atoms with Gasteiger partial charge in [0.25, 0.3) is 0 Å². The maximum Gasteiger partial charge on any atom is 0.344 e. The molecular formula is C19H16O2S. The number of aryl methyl sites for hydroxylation is 2. The molecule has 0 atom stereocenters. The first-order valence-corrected chi connectivity index (χ1v) is 7.90. The lowest BCUT2D eigenvalue weighted by Crippen LogP contribution is -2.08. The number of rotatable bonds is 3. The molecule has 1 heterocycles. The molecule has 0 aliphatic carbocycles. The van der Waals surface area contributed by atoms with Gasteiger partial charge >= 0.3 is 5.97 Å². The summed E-state index contributed by atoms with van der Waals surface area (Å²) in [7, 11) is 0. The summed E-state index contributed by atoms with van der Waals surface area (Å²) in [5, 5.41) is 0. The first-order chi connectivity index (χ1) is 10.6. The lowest BCUT2D eigenvalue weighted by atomic mass is 10.1. The van der Waals surface area contributed by atoms with Crippen molar-refractivity contribution in [1.82, 2.24) is 0 Å². The summed E-state index contributed by atoms with van der Waals surface area (Å²) in [5.41, 5.74) is 2.89. The Morgan fingerprint density at radius 2 is 1.55 bits per heavy atom. The molecule has 0 N–H and O–H groups in total. The largest absolute Gasteiger partial charge is 0.423 e. The maximum absolute atomic E-state index is 12.2. The molecule has 0 spiro atoms. The van der Waals surface area contributed by atoms with Crippen LogP contribution in [0.1, 0.15) is 20.1 Å². The number of carbonyl (C=O) groups is 1. The standard InChI is InChI=1S/C19H16O2S/c1-13-12-18(14(2)22-13)19(20)21-17-10-8-16(9-11-17)15-6-4-3-5-7-15/h3-12H,1-2H3. The second-order valence-electron chi connectivity index (χ2n) is 5.11. The smallest absolute Gasteiger partial charge is 0.344 e. The van der Waals surface area contributed by atoms with Crippen molar-refractivity contribution in [1.29, 1.82) is 0 Å². The fourth-order valence-electron chi connectivity index (χ4n) is 2.34. The molecule has 110 valence electrons. The van der Waals surface area contributed by atoms with E-state index < -0.39 is 0 Å². The summed E-state index contributed by atoms with van der Waals surface area (Å²) in [4.78, 5) is 14.3. The highest BCUT2D eigenvalue weighted by molar-refractivity contribution is 7.12. The predicted octanol–water partition coefficient (Wildman–Crippen LogP) is 5.25. The first kappa shape index (κ1) is 14.5. The summed E-state index contributed by atoms with van der Waals surface area (Å²) < 4.78 is 5.45. The van der Waals surface area contributed by atoms with Gasteiger partial charge in [0, 0.05) is 9.75 Å². The van der Waals surface area contributed by atoms with Crippen LogP contribution in [0.25, 0.3) is 11.1 Å². The summed E-state index contributed by atoms with van der Waals surface area (Å²) in [6.07, 6.45) is 0. The molecule has 0 saturated heterocycles. The number of hydrogen-bond donors (Lipinski definition) is 0. The SMILES string of the molecule is Cc1cc(C(=O)Oc2ccc(-c3ccccc3)cc2)c(C)s1. The molecule has 0 radical (unpaired) electrons. The Morgan fingerprint density at radius 1 is 0.909 bits per heavy atom. The van der Waals surface area contributed by atoms with Gasteiger partial charge in [-0.05, 0) is 43.2 Å². The number of ether oxygens (including phenoxy) is 1. The van der Waals surface area contributed by atoms with Crippen LogP contribution < -0.4 is 4.74 Å². The van der Waals surface area contributed by atoms with Crippen LogP contribution in [0.2, 0.25) is 0 Å². The lowest BCUT2D eigenvalue weighted by molar-refractivity contribution is 0.0734. The van der Waals surface area contributed by atoms with Crippen molar-refractivity contribution in [3.8, 4) is 16.9 Å². The molecule has 3 aromatic rings. The van der Waals surface area contributed by atoms with Crippen molar-refractivity contribution in [3.63, 3.8) is 0 Å². The third-order valence-electron chi connectivity index (χ3n) is 3.43. The van der Waals surface area contributed by atoms with Gasteiger partial charge in [-0.15, -0.1) is 11.3 Å². The third kappa shape index (κ3) is 3.10. The van der Waals surface area contributed by atoms with Gasteiger partial charge in [0.1, 0.15) is 5.75 Å². The van der Waals surface area contributed by atoms with Gasteiger partial charge in [-0.25, -0.2) is 4.79 Å². The number of thiophene rings is 1. The Labute approximate surface area is 134 Å².